The van der Waals surface area contributed by atoms with Crippen LogP contribution in [0.2, 0.25) is 0 Å². The van der Waals surface area contributed by atoms with Crippen molar-refractivity contribution < 1.29 is 9.21 Å². The molecule has 1 saturated heterocycles. The summed E-state index contributed by atoms with van der Waals surface area (Å²) >= 11 is 0. The van der Waals surface area contributed by atoms with Crippen LogP contribution >= 0.6 is 0 Å². The number of hydrogen-bond acceptors (Lipinski definition) is 4. The van der Waals surface area contributed by atoms with E-state index >= 15 is 0 Å². The van der Waals surface area contributed by atoms with E-state index in [4.69, 9.17) is 4.42 Å². The van der Waals surface area contributed by atoms with Crippen molar-refractivity contribution in [2.24, 2.45) is 0 Å². The molecule has 0 aliphatic carbocycles. The number of nitrogens with zero attached hydrogens (tertiary/aromatic N) is 3. The maximum Gasteiger partial charge on any atom is 0.345 e. The molecule has 4 heterocycles. The molecule has 1 aliphatic rings. The van der Waals surface area contributed by atoms with Gasteiger partial charge in [0.25, 0.3) is 5.91 Å². The molecule has 0 N–H and O–H groups in total. The minimum Gasteiger partial charge on any atom is -0.422 e. The highest BCUT2D eigenvalue weighted by atomic mass is 16.4. The lowest BCUT2D eigenvalue weighted by Gasteiger charge is -2.36. The van der Waals surface area contributed by atoms with E-state index in [1.165, 1.54) is 0 Å². The van der Waals surface area contributed by atoms with Gasteiger partial charge in [-0.1, -0.05) is 18.2 Å². The fraction of sp³-hybridized carbons (Fsp3) is 0.292. The summed E-state index contributed by atoms with van der Waals surface area (Å²) in [5.41, 5.74) is 2.48. The number of carbonyl (C=O) groups is 1. The highest BCUT2D eigenvalue weighted by Gasteiger charge is 2.31. The molecule has 4 aromatic rings. The minimum absolute atomic E-state index is 0.00331. The van der Waals surface area contributed by atoms with Crippen LogP contribution < -0.4 is 5.63 Å². The minimum atomic E-state index is -0.410. The van der Waals surface area contributed by atoms with E-state index < -0.39 is 5.63 Å². The molecule has 0 saturated carbocycles. The number of benzene rings is 1. The molecule has 0 bridgehead atoms. The van der Waals surface area contributed by atoms with Crippen molar-refractivity contribution in [1.29, 1.82) is 0 Å². The summed E-state index contributed by atoms with van der Waals surface area (Å²) in [6.45, 7) is 3.27. The number of carbonyl (C=O) groups excluding carboxylic acids is 1. The van der Waals surface area contributed by atoms with Crippen LogP contribution in [-0.4, -0.2) is 26.9 Å². The fourth-order valence-electron chi connectivity index (χ4n) is 4.65. The largest absolute Gasteiger partial charge is 0.422 e. The van der Waals surface area contributed by atoms with Crippen LogP contribution in [-0.2, 0) is 6.54 Å². The molecule has 3 aromatic heterocycles. The van der Waals surface area contributed by atoms with Gasteiger partial charge in [0.05, 0.1) is 16.9 Å². The van der Waals surface area contributed by atoms with E-state index in [-0.39, 0.29) is 11.9 Å². The molecule has 1 atom stereocenters. The van der Waals surface area contributed by atoms with Crippen molar-refractivity contribution in [2.45, 2.75) is 38.8 Å². The van der Waals surface area contributed by atoms with Gasteiger partial charge in [-0.25, -0.2) is 4.79 Å². The Morgan fingerprint density at radius 3 is 2.83 bits per heavy atom. The molecule has 1 aromatic carbocycles. The Kier molecular flexibility index (Phi) is 4.62. The van der Waals surface area contributed by atoms with Gasteiger partial charge in [-0.15, -0.1) is 0 Å². The van der Waals surface area contributed by atoms with Crippen LogP contribution in [0.4, 0.5) is 0 Å². The molecule has 1 amide bonds. The smallest absolute Gasteiger partial charge is 0.345 e. The first-order valence-corrected chi connectivity index (χ1v) is 10.4. The van der Waals surface area contributed by atoms with Gasteiger partial charge in [0.2, 0.25) is 0 Å². The number of piperidine rings is 1. The van der Waals surface area contributed by atoms with Gasteiger partial charge in [0, 0.05) is 30.9 Å². The maximum absolute atomic E-state index is 13.7. The second-order valence-corrected chi connectivity index (χ2v) is 7.72. The summed E-state index contributed by atoms with van der Waals surface area (Å²) in [5, 5.41) is 1.30. The van der Waals surface area contributed by atoms with Crippen molar-refractivity contribution in [3.8, 4) is 0 Å². The highest BCUT2D eigenvalue weighted by Crippen LogP contribution is 2.33. The lowest BCUT2D eigenvalue weighted by molar-refractivity contribution is 0.0600. The molecule has 5 rings (SSSR count). The molecule has 152 valence electrons. The third-order valence-electron chi connectivity index (χ3n) is 6.03. The summed E-state index contributed by atoms with van der Waals surface area (Å²) in [7, 11) is 0. The number of para-hydroxylation sites is 1. The fourth-order valence-corrected chi connectivity index (χ4v) is 4.65. The quantitative estimate of drug-likeness (QED) is 0.473. The van der Waals surface area contributed by atoms with Gasteiger partial charge in [0.15, 0.2) is 0 Å². The molecule has 1 unspecified atom stereocenters. The van der Waals surface area contributed by atoms with Crippen LogP contribution in [0.25, 0.3) is 21.9 Å². The Labute approximate surface area is 173 Å². The normalized spacial score (nSPS) is 17.0. The van der Waals surface area contributed by atoms with E-state index in [2.05, 4.69) is 4.98 Å². The van der Waals surface area contributed by atoms with Crippen LogP contribution in [0.3, 0.4) is 0 Å². The van der Waals surface area contributed by atoms with Crippen molar-refractivity contribution in [2.75, 3.05) is 6.54 Å². The maximum atomic E-state index is 13.7. The number of rotatable bonds is 3. The van der Waals surface area contributed by atoms with Crippen LogP contribution in [0, 0.1) is 0 Å². The lowest BCUT2D eigenvalue weighted by Crippen LogP contribution is -2.39. The van der Waals surface area contributed by atoms with Crippen molar-refractivity contribution in [3.63, 3.8) is 0 Å². The first-order chi connectivity index (χ1) is 14.7. The van der Waals surface area contributed by atoms with Gasteiger partial charge in [0.1, 0.15) is 11.3 Å². The molecule has 1 aliphatic heterocycles. The van der Waals surface area contributed by atoms with Crippen molar-refractivity contribution in [1.82, 2.24) is 14.5 Å². The van der Waals surface area contributed by atoms with Crippen molar-refractivity contribution >= 4 is 27.8 Å². The third-order valence-corrected chi connectivity index (χ3v) is 6.03. The Morgan fingerprint density at radius 1 is 1.17 bits per heavy atom. The number of aryl methyl sites for hydroxylation is 1. The standard InChI is InChI=1S/C24H23N3O3/c1-2-26-20(14-18-22(26)17-9-3-4-11-21(17)30-24(18)29)23(28)27-13-6-5-10-19(27)16-8-7-12-25-15-16/h3-4,7-9,11-12,14-15,19H,2,5-6,10,13H2,1H3. The van der Waals surface area contributed by atoms with Gasteiger partial charge in [-0.05, 0) is 56.0 Å². The molecule has 0 radical (unpaired) electrons. The SMILES string of the molecule is CCn1c(C(=O)N2CCCCC2c2cccnc2)cc2c(=O)oc3ccccc3c21. The van der Waals surface area contributed by atoms with E-state index in [0.29, 0.717) is 29.8 Å². The number of fused-ring (bicyclic) bond motifs is 3. The summed E-state index contributed by atoms with van der Waals surface area (Å²) in [4.78, 5) is 32.6. The van der Waals surface area contributed by atoms with Crippen molar-refractivity contribution in [3.05, 3.63) is 76.5 Å². The zero-order chi connectivity index (χ0) is 20.7. The molecule has 6 nitrogen and oxygen atoms in total. The highest BCUT2D eigenvalue weighted by molar-refractivity contribution is 6.07. The number of amides is 1. The molecular formula is C24H23N3O3. The average Bonchev–Trinajstić information content (AvgIpc) is 3.20. The summed E-state index contributed by atoms with van der Waals surface area (Å²) < 4.78 is 7.45. The third kappa shape index (κ3) is 2.91. The summed E-state index contributed by atoms with van der Waals surface area (Å²) in [6, 6.07) is 13.1. The number of hydrogen-bond donors (Lipinski definition) is 0. The summed E-state index contributed by atoms with van der Waals surface area (Å²) in [5.74, 6) is -0.0508. The van der Waals surface area contributed by atoms with Gasteiger partial charge >= 0.3 is 5.63 Å². The molecule has 30 heavy (non-hydrogen) atoms. The first-order valence-electron chi connectivity index (χ1n) is 10.4. The molecule has 6 heteroatoms. The Bertz CT molecular complexity index is 1290. The number of pyridine rings is 1. The van der Waals surface area contributed by atoms with E-state index in [9.17, 15) is 9.59 Å². The van der Waals surface area contributed by atoms with E-state index in [1.807, 2.05) is 52.9 Å². The van der Waals surface area contributed by atoms with Gasteiger partial charge in [-0.2, -0.15) is 0 Å². The van der Waals surface area contributed by atoms with Gasteiger partial charge < -0.3 is 13.9 Å². The Morgan fingerprint density at radius 2 is 2.03 bits per heavy atom. The molecular weight excluding hydrogens is 378 g/mol. The van der Waals surface area contributed by atoms with Crippen LogP contribution in [0.5, 0.6) is 0 Å². The topological polar surface area (TPSA) is 68.3 Å². The van der Waals surface area contributed by atoms with Gasteiger partial charge in [-0.3, -0.25) is 9.78 Å². The second-order valence-electron chi connectivity index (χ2n) is 7.72. The zero-order valence-corrected chi connectivity index (χ0v) is 16.9. The first kappa shape index (κ1) is 18.6. The second kappa shape index (κ2) is 7.44. The Balaban J connectivity index is 1.67. The summed E-state index contributed by atoms with van der Waals surface area (Å²) in [6.07, 6.45) is 6.55. The van der Waals surface area contributed by atoms with Crippen LogP contribution in [0.1, 0.15) is 48.3 Å². The lowest BCUT2D eigenvalue weighted by atomic mass is 9.96. The number of likely N-dealkylation sites (tertiary alicyclic amines) is 1. The number of aromatic nitrogens is 2. The predicted octanol–water partition coefficient (Wildman–Crippen LogP) is 4.53. The molecule has 0 spiro atoms. The van der Waals surface area contributed by atoms with E-state index in [0.717, 1.165) is 35.7 Å². The van der Waals surface area contributed by atoms with Crippen LogP contribution in [0.15, 0.2) is 64.1 Å². The zero-order valence-electron chi connectivity index (χ0n) is 16.9. The average molecular weight is 401 g/mol. The predicted molar refractivity (Wildman–Crippen MR) is 116 cm³/mol. The monoisotopic (exact) mass is 401 g/mol. The Hall–Kier alpha value is -3.41. The molecule has 1 fully saturated rings. The van der Waals surface area contributed by atoms with E-state index in [1.54, 1.807) is 18.3 Å².